The number of imide groups is 1. The van der Waals surface area contributed by atoms with Crippen molar-refractivity contribution >= 4 is 59.0 Å². The second kappa shape index (κ2) is 28.3. The Morgan fingerprint density at radius 2 is 1.48 bits per heavy atom. The van der Waals surface area contributed by atoms with Crippen LogP contribution in [-0.2, 0) is 51.3 Å². The van der Waals surface area contributed by atoms with Crippen molar-refractivity contribution in [3.8, 4) is 11.3 Å². The first-order valence-corrected chi connectivity index (χ1v) is 25.7. The molecular formula is C55H70F2N12O10. The quantitative estimate of drug-likeness (QED) is 0.0300. The lowest BCUT2D eigenvalue weighted by molar-refractivity contribution is -0.140. The van der Waals surface area contributed by atoms with Gasteiger partial charge in [-0.25, -0.2) is 18.6 Å². The fraction of sp³-hybridized carbons (Fsp3) is 0.418. The molecule has 0 aliphatic carbocycles. The molecule has 424 valence electrons. The lowest BCUT2D eigenvalue weighted by Crippen LogP contribution is -2.57. The molecule has 79 heavy (non-hydrogen) atoms. The molecule has 10 amide bonds. The molecule has 11 N–H and O–H groups in total. The van der Waals surface area contributed by atoms with Crippen LogP contribution in [0.15, 0.2) is 91.1 Å². The SMILES string of the molecule is CC(C)[C@H](NC(=O)CCNC(=O)[C@@H](N)CCN(C(=O)CO)[C@@H](c1nc(-c2cc(F)ccc2F)cn1Cc1ccccc1)C(C)(C)C)C(=O)N(c1ccc(CC(=O)NCCN2C(=O)C=CC2=O)cc1)[C@@H](CCCNC(N)=O)C(N)=O. The number of aromatic nitrogens is 2. The van der Waals surface area contributed by atoms with E-state index < -0.39 is 107 Å². The van der Waals surface area contributed by atoms with Gasteiger partial charge in [-0.3, -0.25) is 48.2 Å². The van der Waals surface area contributed by atoms with Crippen molar-refractivity contribution in [1.29, 1.82) is 0 Å². The number of benzene rings is 3. The van der Waals surface area contributed by atoms with Gasteiger partial charge in [0, 0.05) is 75.3 Å². The standard InChI is InChI=1S/C55H70F2N12O10/c1-33(2)48(53(78)69(42(50(59)76)12-9-23-63-54(60)79)37-16-13-34(14-17-37)28-44(72)61-25-27-67-45(73)19-20-46(67)74)65-43(71)21-24-62-52(77)40(58)22-26-68(47(75)32-70)49(55(3,4)5)51-64-41(38-29-36(56)15-18-39(38)57)31-66(51)30-35-10-7-6-8-11-35/h6-8,10-11,13-20,29,31,33,40,42,48-49,70H,9,12,21-28,30,32,58H2,1-5H3,(H2,59,76)(H,61,72)(H,62,77)(H,65,71)(H3,60,63,79)/t40-,42-,48-,49-/m0/s1. The van der Waals surface area contributed by atoms with Crippen LogP contribution in [0, 0.1) is 23.0 Å². The van der Waals surface area contributed by atoms with Crippen molar-refractivity contribution in [3.05, 3.63) is 120 Å². The number of carbonyl (C=O) groups is 9. The predicted octanol–water partition coefficient (Wildman–Crippen LogP) is 2.07. The number of anilines is 1. The van der Waals surface area contributed by atoms with E-state index in [-0.39, 0.29) is 88.3 Å². The largest absolute Gasteiger partial charge is 0.387 e. The number of urea groups is 1. The summed E-state index contributed by atoms with van der Waals surface area (Å²) in [5.41, 5.74) is 18.2. The number of carbonyl (C=O) groups excluding carboxylic acids is 9. The smallest absolute Gasteiger partial charge is 0.312 e. The molecule has 2 heterocycles. The molecule has 1 aliphatic heterocycles. The maximum absolute atomic E-state index is 15.2. The fourth-order valence-electron chi connectivity index (χ4n) is 8.96. The first-order chi connectivity index (χ1) is 37.4. The molecule has 0 saturated heterocycles. The van der Waals surface area contributed by atoms with Gasteiger partial charge in [-0.1, -0.05) is 77.1 Å². The minimum absolute atomic E-state index is 0.0125. The molecule has 0 unspecified atom stereocenters. The summed E-state index contributed by atoms with van der Waals surface area (Å²) in [6, 6.07) is 12.9. The summed E-state index contributed by atoms with van der Waals surface area (Å²) in [7, 11) is 0. The van der Waals surface area contributed by atoms with Crippen LogP contribution >= 0.6 is 0 Å². The molecule has 24 heteroatoms. The van der Waals surface area contributed by atoms with Crippen molar-refractivity contribution in [1.82, 2.24) is 40.6 Å². The molecule has 22 nitrogen and oxygen atoms in total. The van der Waals surface area contributed by atoms with E-state index in [0.29, 0.717) is 11.4 Å². The van der Waals surface area contributed by atoms with Gasteiger partial charge in [0.05, 0.1) is 24.2 Å². The van der Waals surface area contributed by atoms with Crippen LogP contribution in [0.25, 0.3) is 11.3 Å². The molecule has 0 saturated carbocycles. The van der Waals surface area contributed by atoms with Crippen molar-refractivity contribution in [2.24, 2.45) is 28.5 Å². The van der Waals surface area contributed by atoms with Gasteiger partial charge < -0.3 is 53.0 Å². The van der Waals surface area contributed by atoms with E-state index in [0.717, 1.165) is 45.7 Å². The summed E-state index contributed by atoms with van der Waals surface area (Å²) in [4.78, 5) is 125. The van der Waals surface area contributed by atoms with E-state index in [1.165, 1.54) is 17.0 Å². The summed E-state index contributed by atoms with van der Waals surface area (Å²) >= 11 is 0. The Bertz CT molecular complexity index is 2860. The Labute approximate surface area is 456 Å². The number of hydrogen-bond acceptors (Lipinski definition) is 12. The molecule has 0 spiro atoms. The average molecular weight is 1100 g/mol. The Balaban J connectivity index is 1.27. The maximum atomic E-state index is 15.2. The van der Waals surface area contributed by atoms with Gasteiger partial charge in [0.15, 0.2) is 0 Å². The van der Waals surface area contributed by atoms with Gasteiger partial charge in [0.1, 0.15) is 36.1 Å². The third kappa shape index (κ3) is 17.3. The summed E-state index contributed by atoms with van der Waals surface area (Å²) in [6.07, 6.45) is 3.40. The van der Waals surface area contributed by atoms with Crippen molar-refractivity contribution in [3.63, 3.8) is 0 Å². The fourth-order valence-corrected chi connectivity index (χ4v) is 8.96. The highest BCUT2D eigenvalue weighted by molar-refractivity contribution is 6.13. The van der Waals surface area contributed by atoms with Gasteiger partial charge in [-0.15, -0.1) is 0 Å². The number of aliphatic hydroxyl groups excluding tert-OH is 1. The lowest BCUT2D eigenvalue weighted by atomic mass is 9.84. The normalized spacial score (nSPS) is 13.8. The molecule has 3 aromatic carbocycles. The second-order valence-electron chi connectivity index (χ2n) is 20.4. The molecule has 4 aromatic rings. The molecule has 0 bridgehead atoms. The van der Waals surface area contributed by atoms with Crippen molar-refractivity contribution < 1.29 is 57.0 Å². The molecule has 0 fully saturated rings. The number of hydrogen-bond donors (Lipinski definition) is 8. The number of aliphatic hydroxyl groups is 1. The van der Waals surface area contributed by atoms with E-state index in [1.54, 1.807) is 36.7 Å². The van der Waals surface area contributed by atoms with E-state index >= 15 is 4.39 Å². The topological polar surface area (TPSA) is 328 Å². The zero-order valence-corrected chi connectivity index (χ0v) is 44.9. The van der Waals surface area contributed by atoms with Gasteiger partial charge in [-0.05, 0) is 72.1 Å². The first kappa shape index (κ1) is 61.5. The van der Waals surface area contributed by atoms with Crippen molar-refractivity contribution in [2.45, 2.75) is 97.4 Å². The van der Waals surface area contributed by atoms with Crippen LogP contribution < -0.4 is 43.4 Å². The van der Waals surface area contributed by atoms with Crippen molar-refractivity contribution in [2.75, 3.05) is 44.2 Å². The lowest BCUT2D eigenvalue weighted by Gasteiger charge is -2.40. The highest BCUT2D eigenvalue weighted by Gasteiger charge is 2.40. The van der Waals surface area contributed by atoms with Gasteiger partial charge in [0.25, 0.3) is 17.7 Å². The van der Waals surface area contributed by atoms with E-state index in [9.17, 15) is 52.6 Å². The summed E-state index contributed by atoms with van der Waals surface area (Å²) in [6.45, 7) is 7.81. The summed E-state index contributed by atoms with van der Waals surface area (Å²) in [5, 5.41) is 20.7. The van der Waals surface area contributed by atoms with Gasteiger partial charge in [-0.2, -0.15) is 0 Å². The molecule has 1 aliphatic rings. The highest BCUT2D eigenvalue weighted by Crippen LogP contribution is 2.40. The zero-order chi connectivity index (χ0) is 58.1. The summed E-state index contributed by atoms with van der Waals surface area (Å²) < 4.78 is 31.4. The number of primary amides is 2. The van der Waals surface area contributed by atoms with Crippen LogP contribution in [-0.4, -0.2) is 135 Å². The number of halogens is 2. The predicted molar refractivity (Wildman–Crippen MR) is 287 cm³/mol. The van der Waals surface area contributed by atoms with E-state index in [1.807, 2.05) is 51.1 Å². The monoisotopic (exact) mass is 1100 g/mol. The van der Waals surface area contributed by atoms with Gasteiger partial charge >= 0.3 is 6.03 Å². The molecular weight excluding hydrogens is 1030 g/mol. The number of imidazole rings is 1. The number of rotatable bonds is 28. The minimum Gasteiger partial charge on any atom is -0.387 e. The Kier molecular flexibility index (Phi) is 22.0. The Hall–Kier alpha value is -8.38. The third-order valence-corrected chi connectivity index (χ3v) is 12.9. The first-order valence-electron chi connectivity index (χ1n) is 25.7. The number of nitrogens with two attached hydrogens (primary N) is 3. The summed E-state index contributed by atoms with van der Waals surface area (Å²) in [5.74, 6) is -6.73. The van der Waals surface area contributed by atoms with Crippen LogP contribution in [0.4, 0.5) is 19.3 Å². The molecule has 4 atom stereocenters. The van der Waals surface area contributed by atoms with Crippen LogP contribution in [0.1, 0.15) is 83.3 Å². The van der Waals surface area contributed by atoms with E-state index in [2.05, 4.69) is 21.3 Å². The Morgan fingerprint density at radius 3 is 2.09 bits per heavy atom. The minimum atomic E-state index is -1.29. The molecule has 1 aromatic heterocycles. The molecule has 0 radical (unpaired) electrons. The van der Waals surface area contributed by atoms with Crippen LogP contribution in [0.5, 0.6) is 0 Å². The van der Waals surface area contributed by atoms with Crippen LogP contribution in [0.3, 0.4) is 0 Å². The van der Waals surface area contributed by atoms with Gasteiger partial charge in [0.2, 0.25) is 29.5 Å². The zero-order valence-electron chi connectivity index (χ0n) is 44.9. The third-order valence-electron chi connectivity index (χ3n) is 12.9. The van der Waals surface area contributed by atoms with E-state index in [4.69, 9.17) is 22.2 Å². The number of nitrogens with zero attached hydrogens (tertiary/aromatic N) is 5. The van der Waals surface area contributed by atoms with Crippen LogP contribution in [0.2, 0.25) is 0 Å². The highest BCUT2D eigenvalue weighted by atomic mass is 19.1. The number of amides is 10. The maximum Gasteiger partial charge on any atom is 0.312 e. The average Bonchev–Trinajstić information content (AvgIpc) is 3.97. The Morgan fingerprint density at radius 1 is 0.810 bits per heavy atom. The molecule has 5 rings (SSSR count). The second-order valence-corrected chi connectivity index (χ2v) is 20.4. The number of nitrogens with one attached hydrogen (secondary N) is 4.